The molecule has 4 unspecified atom stereocenters. The maximum atomic E-state index is 14.3. The minimum atomic E-state index is -0.752. The summed E-state index contributed by atoms with van der Waals surface area (Å²) in [7, 11) is 0. The first-order chi connectivity index (χ1) is 16.7. The number of alkyl halides is 1. The van der Waals surface area contributed by atoms with E-state index < -0.39 is 28.7 Å². The van der Waals surface area contributed by atoms with Crippen LogP contribution in [-0.4, -0.2) is 85.4 Å². The van der Waals surface area contributed by atoms with Crippen LogP contribution >= 0.6 is 27.7 Å². The van der Waals surface area contributed by atoms with Crippen molar-refractivity contribution in [2.45, 2.75) is 85.8 Å². The Morgan fingerprint density at radius 2 is 2.09 bits per heavy atom. The van der Waals surface area contributed by atoms with Crippen LogP contribution in [0.5, 0.6) is 0 Å². The lowest BCUT2D eigenvalue weighted by Gasteiger charge is -2.41. The van der Waals surface area contributed by atoms with E-state index in [1.165, 1.54) is 0 Å². The van der Waals surface area contributed by atoms with Crippen LogP contribution in [0.15, 0.2) is 25.3 Å². The lowest BCUT2D eigenvalue weighted by atomic mass is 9.71. The number of carbonyl (C=O) groups excluding carboxylic acids is 3. The number of rotatable bonds is 13. The topological polar surface area (TPSA) is 87.1 Å². The SMILES string of the molecule is C=CCCOC(=O)[C@H]1[C@H]2C(=O)N([C@@H](CC)CO)C(C(=O)N(CC=C)C(C)CCC)C23CC(Br)[C@@H]1S3. The largest absolute Gasteiger partial charge is 0.465 e. The third-order valence-electron chi connectivity index (χ3n) is 7.72. The Balaban J connectivity index is 2.07. The molecule has 2 bridgehead atoms. The molecular formula is C26H39BrN2O5S. The summed E-state index contributed by atoms with van der Waals surface area (Å²) < 4.78 is 4.80. The highest BCUT2D eigenvalue weighted by molar-refractivity contribution is 9.09. The Labute approximate surface area is 221 Å². The van der Waals surface area contributed by atoms with E-state index in [1.807, 2.05) is 18.7 Å². The molecule has 1 N–H and O–H groups in total. The van der Waals surface area contributed by atoms with Crippen molar-refractivity contribution in [3.8, 4) is 0 Å². The van der Waals surface area contributed by atoms with Crippen molar-refractivity contribution in [3.05, 3.63) is 25.3 Å². The zero-order valence-corrected chi connectivity index (χ0v) is 23.4. The number of fused-ring (bicyclic) bond motifs is 1. The van der Waals surface area contributed by atoms with Crippen LogP contribution in [0.4, 0.5) is 0 Å². The standard InChI is InChI=1S/C26H39BrN2O5S/c1-6-10-13-34-25(33)19-20-23(31)29(17(9-4)15-30)22(26(20)14-18(27)21(19)35-26)24(32)28(12-8-3)16(5)11-7-2/h6,8,16-22,30H,1,3,7,9-15H2,2,4-5H3/t16?,17-,18?,19-,20-,21-,22?,26?/m0/s1. The minimum Gasteiger partial charge on any atom is -0.465 e. The van der Waals surface area contributed by atoms with E-state index in [2.05, 4.69) is 36.0 Å². The molecule has 0 saturated carbocycles. The number of ether oxygens (including phenoxy) is 1. The molecule has 0 radical (unpaired) electrons. The maximum absolute atomic E-state index is 14.3. The molecule has 3 fully saturated rings. The molecule has 3 saturated heterocycles. The van der Waals surface area contributed by atoms with Gasteiger partial charge in [0, 0.05) is 22.7 Å². The summed E-state index contributed by atoms with van der Waals surface area (Å²) in [6, 6.07) is -1.26. The van der Waals surface area contributed by atoms with Crippen LogP contribution in [0.25, 0.3) is 0 Å². The first-order valence-electron chi connectivity index (χ1n) is 12.7. The number of aliphatic hydroxyl groups is 1. The maximum Gasteiger partial charge on any atom is 0.310 e. The summed E-state index contributed by atoms with van der Waals surface area (Å²) in [4.78, 5) is 45.0. The van der Waals surface area contributed by atoms with Gasteiger partial charge in [-0.1, -0.05) is 48.4 Å². The number of aliphatic hydroxyl groups excluding tert-OH is 1. The second-order valence-corrected chi connectivity index (χ2v) is 12.5. The molecule has 1 spiro atoms. The molecule has 0 aromatic rings. The molecule has 8 atom stereocenters. The fourth-order valence-corrected chi connectivity index (χ4v) is 9.70. The van der Waals surface area contributed by atoms with Gasteiger partial charge in [-0.25, -0.2) is 0 Å². The number of esters is 1. The van der Waals surface area contributed by atoms with Gasteiger partial charge in [-0.3, -0.25) is 14.4 Å². The summed E-state index contributed by atoms with van der Waals surface area (Å²) in [6.07, 6.45) is 6.83. The Morgan fingerprint density at radius 1 is 1.37 bits per heavy atom. The van der Waals surface area contributed by atoms with Crippen molar-refractivity contribution in [3.63, 3.8) is 0 Å². The zero-order chi connectivity index (χ0) is 25.9. The highest BCUT2D eigenvalue weighted by Crippen LogP contribution is 2.68. The third-order valence-corrected chi connectivity index (χ3v) is 10.9. The Bertz CT molecular complexity index is 837. The van der Waals surface area contributed by atoms with Crippen molar-refractivity contribution >= 4 is 45.5 Å². The lowest BCUT2D eigenvalue weighted by molar-refractivity contribution is -0.154. The molecule has 2 amide bonds. The fraction of sp³-hybridized carbons (Fsp3) is 0.731. The predicted octanol–water partition coefficient (Wildman–Crippen LogP) is 3.54. The van der Waals surface area contributed by atoms with Crippen molar-refractivity contribution in [2.24, 2.45) is 11.8 Å². The van der Waals surface area contributed by atoms with Crippen molar-refractivity contribution < 1.29 is 24.2 Å². The van der Waals surface area contributed by atoms with Crippen LogP contribution in [0.2, 0.25) is 0 Å². The zero-order valence-electron chi connectivity index (χ0n) is 21.0. The van der Waals surface area contributed by atoms with Crippen molar-refractivity contribution in [1.29, 1.82) is 0 Å². The van der Waals surface area contributed by atoms with Crippen LogP contribution < -0.4 is 0 Å². The van der Waals surface area contributed by atoms with Gasteiger partial charge >= 0.3 is 5.97 Å². The molecule has 3 heterocycles. The second kappa shape index (κ2) is 11.8. The quantitative estimate of drug-likeness (QED) is 0.158. The predicted molar refractivity (Wildman–Crippen MR) is 142 cm³/mol. The molecule has 3 rings (SSSR count). The summed E-state index contributed by atoms with van der Waals surface area (Å²) >= 11 is 5.35. The number of hydrogen-bond donors (Lipinski definition) is 1. The van der Waals surface area contributed by atoms with Gasteiger partial charge in [-0.2, -0.15) is 0 Å². The van der Waals surface area contributed by atoms with E-state index in [9.17, 15) is 19.5 Å². The molecule has 35 heavy (non-hydrogen) atoms. The number of nitrogens with zero attached hydrogens (tertiary/aromatic N) is 2. The van der Waals surface area contributed by atoms with Crippen LogP contribution in [0.3, 0.4) is 0 Å². The van der Waals surface area contributed by atoms with Crippen LogP contribution in [0.1, 0.15) is 52.9 Å². The van der Waals surface area contributed by atoms with E-state index in [0.29, 0.717) is 25.8 Å². The van der Waals surface area contributed by atoms with E-state index in [4.69, 9.17) is 4.74 Å². The Morgan fingerprint density at radius 3 is 2.66 bits per heavy atom. The Hall–Kier alpha value is -1.32. The number of hydrogen-bond acceptors (Lipinski definition) is 6. The van der Waals surface area contributed by atoms with Gasteiger partial charge in [0.1, 0.15) is 6.04 Å². The number of likely N-dealkylation sites (tertiary alicyclic amines) is 1. The van der Waals surface area contributed by atoms with E-state index in [0.717, 1.165) is 12.8 Å². The molecule has 9 heteroatoms. The average molecular weight is 572 g/mol. The highest BCUT2D eigenvalue weighted by atomic mass is 79.9. The van der Waals surface area contributed by atoms with Gasteiger partial charge in [-0.15, -0.1) is 24.9 Å². The van der Waals surface area contributed by atoms with Gasteiger partial charge in [0.15, 0.2) is 0 Å². The molecule has 3 aliphatic heterocycles. The van der Waals surface area contributed by atoms with E-state index >= 15 is 0 Å². The summed E-state index contributed by atoms with van der Waals surface area (Å²) in [5, 5.41) is 10.0. The smallest absolute Gasteiger partial charge is 0.310 e. The highest BCUT2D eigenvalue weighted by Gasteiger charge is 2.76. The third kappa shape index (κ3) is 4.85. The summed E-state index contributed by atoms with van der Waals surface area (Å²) in [5.74, 6) is -2.01. The normalized spacial score (nSPS) is 32.8. The average Bonchev–Trinajstić information content (AvgIpc) is 3.42. The van der Waals surface area contributed by atoms with Gasteiger partial charge in [0.2, 0.25) is 11.8 Å². The van der Waals surface area contributed by atoms with E-state index in [1.54, 1.807) is 28.8 Å². The first kappa shape index (κ1) is 28.3. The fourth-order valence-electron chi connectivity index (χ4n) is 6.12. The lowest BCUT2D eigenvalue weighted by Crippen LogP contribution is -2.59. The second-order valence-electron chi connectivity index (χ2n) is 9.82. The number of halogens is 1. The van der Waals surface area contributed by atoms with Gasteiger partial charge in [-0.05, 0) is 32.6 Å². The molecule has 0 aromatic heterocycles. The number of thioether (sulfide) groups is 1. The van der Waals surface area contributed by atoms with Gasteiger partial charge in [0.05, 0.1) is 35.8 Å². The number of amides is 2. The molecule has 0 aromatic carbocycles. The van der Waals surface area contributed by atoms with Crippen molar-refractivity contribution in [2.75, 3.05) is 19.8 Å². The van der Waals surface area contributed by atoms with Crippen molar-refractivity contribution in [1.82, 2.24) is 9.80 Å². The number of carbonyl (C=O) groups is 3. The minimum absolute atomic E-state index is 0.0149. The van der Waals surface area contributed by atoms with Gasteiger partial charge in [0.25, 0.3) is 0 Å². The van der Waals surface area contributed by atoms with Crippen LogP contribution in [-0.2, 0) is 19.1 Å². The molecular weight excluding hydrogens is 532 g/mol. The first-order valence-corrected chi connectivity index (χ1v) is 14.5. The monoisotopic (exact) mass is 570 g/mol. The molecule has 196 valence electrons. The van der Waals surface area contributed by atoms with Crippen LogP contribution in [0, 0.1) is 11.8 Å². The van der Waals surface area contributed by atoms with E-state index in [-0.39, 0.29) is 47.1 Å². The Kier molecular flexibility index (Phi) is 9.54. The van der Waals surface area contributed by atoms with Gasteiger partial charge < -0.3 is 19.6 Å². The molecule has 0 aliphatic carbocycles. The summed E-state index contributed by atoms with van der Waals surface area (Å²) in [5.41, 5.74) is 0. The molecule has 7 nitrogen and oxygen atoms in total. The molecule has 3 aliphatic rings. The summed E-state index contributed by atoms with van der Waals surface area (Å²) in [6.45, 7) is 13.9.